The Kier molecular flexibility index (Phi) is 5.62. The zero-order chi connectivity index (χ0) is 16.2. The second kappa shape index (κ2) is 7.27. The molecule has 0 aliphatic heterocycles. The molecule has 2 heterocycles. The van der Waals surface area contributed by atoms with E-state index in [1.54, 1.807) is 24.4 Å². The van der Waals surface area contributed by atoms with Gasteiger partial charge in [-0.1, -0.05) is 17.4 Å². The van der Waals surface area contributed by atoms with E-state index in [2.05, 4.69) is 15.5 Å². The molecule has 0 aliphatic carbocycles. The minimum Gasteiger partial charge on any atom is -0.301 e. The third-order valence-electron chi connectivity index (χ3n) is 2.81. The van der Waals surface area contributed by atoms with Crippen LogP contribution in [-0.4, -0.2) is 42.4 Å². The highest BCUT2D eigenvalue weighted by Crippen LogP contribution is 2.20. The van der Waals surface area contributed by atoms with Crippen molar-refractivity contribution in [1.29, 1.82) is 0 Å². The van der Waals surface area contributed by atoms with Gasteiger partial charge >= 0.3 is 0 Å². The monoisotopic (exact) mass is 360 g/mol. The maximum Gasteiger partial charge on any atom is 0.252 e. The Morgan fingerprint density at radius 3 is 2.77 bits per heavy atom. The van der Waals surface area contributed by atoms with E-state index >= 15 is 0 Å². The van der Waals surface area contributed by atoms with Crippen LogP contribution >= 0.6 is 22.7 Å². The van der Waals surface area contributed by atoms with Crippen LogP contribution in [0.5, 0.6) is 0 Å². The minimum absolute atomic E-state index is 0.196. The normalized spacial score (nSPS) is 11.8. The van der Waals surface area contributed by atoms with Crippen molar-refractivity contribution in [2.75, 3.05) is 18.9 Å². The van der Waals surface area contributed by atoms with Crippen molar-refractivity contribution in [1.82, 2.24) is 14.5 Å². The van der Waals surface area contributed by atoms with Crippen molar-refractivity contribution >= 4 is 43.7 Å². The number of hydrogen-bond donors (Lipinski definition) is 1. The molecule has 0 atom stereocenters. The first-order valence-corrected chi connectivity index (χ1v) is 9.63. The second-order valence-electron chi connectivity index (χ2n) is 4.54. The number of rotatable bonds is 7. The van der Waals surface area contributed by atoms with Crippen molar-refractivity contribution in [2.45, 2.75) is 24.0 Å². The summed E-state index contributed by atoms with van der Waals surface area (Å²) >= 11 is 2.48. The van der Waals surface area contributed by atoms with Gasteiger partial charge in [0.05, 0.1) is 0 Å². The lowest BCUT2D eigenvalue weighted by molar-refractivity contribution is -0.116. The van der Waals surface area contributed by atoms with Gasteiger partial charge in [-0.25, -0.2) is 12.7 Å². The summed E-state index contributed by atoms with van der Waals surface area (Å²) in [7, 11) is -1.93. The summed E-state index contributed by atoms with van der Waals surface area (Å²) in [6.07, 6.45) is 0.660. The Morgan fingerprint density at radius 2 is 2.18 bits per heavy atom. The zero-order valence-corrected chi connectivity index (χ0v) is 14.6. The molecule has 0 spiro atoms. The van der Waals surface area contributed by atoms with Gasteiger partial charge < -0.3 is 5.32 Å². The number of thiophene rings is 1. The highest BCUT2D eigenvalue weighted by Gasteiger charge is 2.21. The Hall–Kier alpha value is -1.36. The van der Waals surface area contributed by atoms with Crippen molar-refractivity contribution in [3.8, 4) is 0 Å². The lowest BCUT2D eigenvalue weighted by atomic mass is 10.3. The lowest BCUT2D eigenvalue weighted by Gasteiger charge is -2.15. The molecule has 0 fully saturated rings. The predicted octanol–water partition coefficient (Wildman–Crippen LogP) is 1.95. The Morgan fingerprint density at radius 1 is 1.41 bits per heavy atom. The average molecular weight is 360 g/mol. The lowest BCUT2D eigenvalue weighted by Crippen LogP contribution is -2.28. The van der Waals surface area contributed by atoms with E-state index in [0.717, 1.165) is 5.01 Å². The summed E-state index contributed by atoms with van der Waals surface area (Å²) in [4.78, 5) is 11.7. The summed E-state index contributed by atoms with van der Waals surface area (Å²) < 4.78 is 25.9. The fourth-order valence-electron chi connectivity index (χ4n) is 1.68. The third-order valence-corrected chi connectivity index (χ3v) is 6.79. The number of aromatic nitrogens is 2. The second-order valence-corrected chi connectivity index (χ2v) is 8.94. The predicted molar refractivity (Wildman–Crippen MR) is 86.6 cm³/mol. The topological polar surface area (TPSA) is 92.3 Å². The number of sulfonamides is 1. The summed E-state index contributed by atoms with van der Waals surface area (Å²) in [5, 5.41) is 13.2. The van der Waals surface area contributed by atoms with Crippen molar-refractivity contribution in [3.05, 3.63) is 22.5 Å². The van der Waals surface area contributed by atoms with Crippen molar-refractivity contribution in [3.63, 3.8) is 0 Å². The molecule has 0 saturated heterocycles. The molecule has 10 heteroatoms. The van der Waals surface area contributed by atoms with Gasteiger partial charge in [-0.05, 0) is 24.8 Å². The third kappa shape index (κ3) is 4.32. The molecule has 0 bridgehead atoms. The smallest absolute Gasteiger partial charge is 0.252 e. The van der Waals surface area contributed by atoms with Gasteiger partial charge in [-0.15, -0.1) is 21.5 Å². The minimum atomic E-state index is -3.45. The summed E-state index contributed by atoms with van der Waals surface area (Å²) in [6.45, 7) is 2.08. The number of hydrogen-bond acceptors (Lipinski definition) is 7. The van der Waals surface area contributed by atoms with E-state index in [-0.39, 0.29) is 18.9 Å². The van der Waals surface area contributed by atoms with Gasteiger partial charge in [-0.2, -0.15) is 0 Å². The van der Waals surface area contributed by atoms with Crippen LogP contribution < -0.4 is 5.32 Å². The molecular formula is C12H16N4O3S3. The molecule has 2 aromatic rings. The van der Waals surface area contributed by atoms with Gasteiger partial charge in [0.15, 0.2) is 0 Å². The summed E-state index contributed by atoms with van der Waals surface area (Å²) in [5.41, 5.74) is 0. The highest BCUT2D eigenvalue weighted by molar-refractivity contribution is 7.91. The standard InChI is InChI=1S/C12H16N4O3S3/c1-9-14-15-12(21-9)13-10(17)5-3-7-16(2)22(18,19)11-6-4-8-20-11/h4,6,8H,3,5,7H2,1-2H3,(H,13,15,17). The van der Waals surface area contributed by atoms with Crippen LogP contribution in [0.25, 0.3) is 0 Å². The molecule has 0 radical (unpaired) electrons. The molecule has 0 unspecified atom stereocenters. The molecule has 2 rings (SSSR count). The Balaban J connectivity index is 1.79. The van der Waals surface area contributed by atoms with Crippen LogP contribution in [0.3, 0.4) is 0 Å². The van der Waals surface area contributed by atoms with Crippen molar-refractivity contribution < 1.29 is 13.2 Å². The van der Waals surface area contributed by atoms with Crippen LogP contribution in [0.4, 0.5) is 5.13 Å². The number of anilines is 1. The highest BCUT2D eigenvalue weighted by atomic mass is 32.2. The first-order chi connectivity index (χ1) is 10.4. The van der Waals surface area contributed by atoms with E-state index in [1.807, 2.05) is 0 Å². The maximum atomic E-state index is 12.2. The molecule has 7 nitrogen and oxygen atoms in total. The molecule has 1 N–H and O–H groups in total. The van der Waals surface area contributed by atoms with Gasteiger partial charge in [0.1, 0.15) is 9.22 Å². The number of nitrogens with one attached hydrogen (secondary N) is 1. The molecular weight excluding hydrogens is 344 g/mol. The number of carbonyl (C=O) groups excluding carboxylic acids is 1. The molecule has 2 aromatic heterocycles. The summed E-state index contributed by atoms with van der Waals surface area (Å²) in [5.74, 6) is -0.196. The molecule has 0 saturated carbocycles. The quantitative estimate of drug-likeness (QED) is 0.815. The van der Waals surface area contributed by atoms with E-state index in [9.17, 15) is 13.2 Å². The molecule has 22 heavy (non-hydrogen) atoms. The fraction of sp³-hybridized carbons (Fsp3) is 0.417. The van der Waals surface area contributed by atoms with E-state index in [1.165, 1.54) is 34.0 Å². The van der Waals surface area contributed by atoms with E-state index in [0.29, 0.717) is 15.8 Å². The number of carbonyl (C=O) groups is 1. The zero-order valence-electron chi connectivity index (χ0n) is 12.1. The fourth-order valence-corrected chi connectivity index (χ4v) is 4.69. The van der Waals surface area contributed by atoms with Gasteiger partial charge in [0.25, 0.3) is 10.0 Å². The molecule has 1 amide bonds. The Bertz CT molecular complexity index is 725. The maximum absolute atomic E-state index is 12.2. The van der Waals surface area contributed by atoms with E-state index < -0.39 is 10.0 Å². The van der Waals surface area contributed by atoms with E-state index in [4.69, 9.17) is 0 Å². The van der Waals surface area contributed by atoms with Gasteiger partial charge in [0, 0.05) is 20.0 Å². The largest absolute Gasteiger partial charge is 0.301 e. The number of nitrogens with zero attached hydrogens (tertiary/aromatic N) is 3. The Labute approximate surface area is 137 Å². The average Bonchev–Trinajstić information content (AvgIpc) is 3.10. The molecule has 0 aromatic carbocycles. The van der Waals surface area contributed by atoms with Crippen molar-refractivity contribution in [2.24, 2.45) is 0 Å². The van der Waals surface area contributed by atoms with Crippen LogP contribution in [0, 0.1) is 6.92 Å². The number of amides is 1. The van der Waals surface area contributed by atoms with Crippen LogP contribution in [-0.2, 0) is 14.8 Å². The van der Waals surface area contributed by atoms with Crippen LogP contribution in [0.1, 0.15) is 17.8 Å². The first-order valence-electron chi connectivity index (χ1n) is 6.49. The number of aryl methyl sites for hydroxylation is 1. The first kappa shape index (κ1) is 17.0. The van der Waals surface area contributed by atoms with Gasteiger partial charge in [0.2, 0.25) is 11.0 Å². The SMILES string of the molecule is Cc1nnc(NC(=O)CCCN(C)S(=O)(=O)c2cccs2)s1. The summed E-state index contributed by atoms with van der Waals surface area (Å²) in [6, 6.07) is 3.27. The molecule has 120 valence electrons. The van der Waals surface area contributed by atoms with Gasteiger partial charge in [-0.3, -0.25) is 4.79 Å². The molecule has 0 aliphatic rings. The van der Waals surface area contributed by atoms with Crippen LogP contribution in [0.2, 0.25) is 0 Å². The van der Waals surface area contributed by atoms with Crippen LogP contribution in [0.15, 0.2) is 21.7 Å².